The van der Waals surface area contributed by atoms with Gasteiger partial charge in [-0.3, -0.25) is 4.79 Å². The number of anilines is 2. The molecule has 3 aromatic rings. The van der Waals surface area contributed by atoms with E-state index in [9.17, 15) is 17.6 Å². The van der Waals surface area contributed by atoms with Crippen LogP contribution in [-0.2, 0) is 15.0 Å². The lowest BCUT2D eigenvalue weighted by Crippen LogP contribution is -2.44. The molecule has 0 radical (unpaired) electrons. The number of rotatable bonds is 8. The molecule has 7 nitrogen and oxygen atoms in total. The Morgan fingerprint density at radius 1 is 1.03 bits per heavy atom. The van der Waals surface area contributed by atoms with Gasteiger partial charge in [0, 0.05) is 19.1 Å². The van der Waals surface area contributed by atoms with Gasteiger partial charge in [0.05, 0.1) is 11.4 Å². The van der Waals surface area contributed by atoms with Crippen molar-refractivity contribution in [3.63, 3.8) is 0 Å². The Morgan fingerprint density at radius 2 is 1.69 bits per heavy atom. The highest BCUT2D eigenvalue weighted by molar-refractivity contribution is 7.90. The third-order valence-corrected chi connectivity index (χ3v) is 6.38. The summed E-state index contributed by atoms with van der Waals surface area (Å²) in [5.41, 5.74) is -0.00899. The van der Waals surface area contributed by atoms with E-state index < -0.39 is 28.5 Å². The van der Waals surface area contributed by atoms with E-state index in [2.05, 4.69) is 5.32 Å². The fraction of sp³-hybridized carbons (Fsp3) is 0.136. The molecule has 3 aromatic carbocycles. The summed E-state index contributed by atoms with van der Waals surface area (Å²) in [6.07, 6.45) is 0. The normalized spacial score (nSPS) is 11.3. The first kappa shape index (κ1) is 23.5. The van der Waals surface area contributed by atoms with E-state index in [0.29, 0.717) is 20.8 Å². The number of carbonyl (C=O) groups excluding carboxylic acids is 1. The van der Waals surface area contributed by atoms with Crippen LogP contribution in [0.2, 0.25) is 5.02 Å². The van der Waals surface area contributed by atoms with Crippen molar-refractivity contribution < 1.29 is 22.3 Å². The number of benzene rings is 3. The smallest absolute Gasteiger partial charge is 0.304 e. The summed E-state index contributed by atoms with van der Waals surface area (Å²) in [7, 11) is -1.57. The monoisotopic (exact) mass is 477 g/mol. The van der Waals surface area contributed by atoms with E-state index in [1.54, 1.807) is 36.4 Å². The number of hydrogen-bond acceptors (Lipinski definition) is 4. The highest BCUT2D eigenvalue weighted by Crippen LogP contribution is 2.32. The molecule has 0 aliphatic heterocycles. The van der Waals surface area contributed by atoms with Crippen LogP contribution in [0.4, 0.5) is 15.8 Å². The molecule has 0 heterocycles. The average Bonchev–Trinajstić information content (AvgIpc) is 2.75. The average molecular weight is 478 g/mol. The second-order valence-electron chi connectivity index (χ2n) is 6.85. The van der Waals surface area contributed by atoms with Gasteiger partial charge in [-0.05, 0) is 42.5 Å². The van der Waals surface area contributed by atoms with Gasteiger partial charge >= 0.3 is 10.2 Å². The minimum absolute atomic E-state index is 0.238. The van der Waals surface area contributed by atoms with Crippen molar-refractivity contribution in [2.75, 3.05) is 30.3 Å². The van der Waals surface area contributed by atoms with Gasteiger partial charge in [-0.25, -0.2) is 8.70 Å². The van der Waals surface area contributed by atoms with Crippen LogP contribution in [0.15, 0.2) is 72.8 Å². The molecule has 0 unspecified atom stereocenters. The molecule has 1 N–H and O–H groups in total. The lowest BCUT2D eigenvalue weighted by Gasteiger charge is -2.27. The predicted molar refractivity (Wildman–Crippen MR) is 123 cm³/mol. The van der Waals surface area contributed by atoms with Crippen LogP contribution in [-0.4, -0.2) is 39.3 Å². The number of amides is 1. The molecule has 0 saturated heterocycles. The van der Waals surface area contributed by atoms with Gasteiger partial charge in [-0.15, -0.1) is 0 Å². The number of para-hydroxylation sites is 2. The predicted octanol–water partition coefficient (Wildman–Crippen LogP) is 4.52. The van der Waals surface area contributed by atoms with E-state index in [0.717, 1.165) is 10.4 Å². The summed E-state index contributed by atoms with van der Waals surface area (Å²) >= 11 is 6.07. The molecular formula is C22H21ClFN3O4S. The van der Waals surface area contributed by atoms with Gasteiger partial charge < -0.3 is 10.1 Å². The number of hydrogen-bond donors (Lipinski definition) is 1. The summed E-state index contributed by atoms with van der Waals surface area (Å²) in [6, 6.07) is 18.9. The van der Waals surface area contributed by atoms with Gasteiger partial charge in [0.1, 0.15) is 18.1 Å². The molecule has 0 spiro atoms. The van der Waals surface area contributed by atoms with Crippen LogP contribution < -0.4 is 14.4 Å². The van der Waals surface area contributed by atoms with Gasteiger partial charge in [-0.1, -0.05) is 41.9 Å². The Morgan fingerprint density at radius 3 is 2.34 bits per heavy atom. The van der Waals surface area contributed by atoms with Crippen molar-refractivity contribution in [3.8, 4) is 11.5 Å². The molecule has 0 saturated carbocycles. The Labute approximate surface area is 191 Å². The zero-order valence-corrected chi connectivity index (χ0v) is 18.9. The Kier molecular flexibility index (Phi) is 7.34. The maximum Gasteiger partial charge on any atom is 0.304 e. The fourth-order valence-electron chi connectivity index (χ4n) is 2.77. The van der Waals surface area contributed by atoms with Crippen molar-refractivity contribution in [2.24, 2.45) is 0 Å². The minimum atomic E-state index is -4.16. The summed E-state index contributed by atoms with van der Waals surface area (Å²) in [5.74, 6) is -0.643. The second-order valence-corrected chi connectivity index (χ2v) is 9.36. The molecule has 1 amide bonds. The summed E-state index contributed by atoms with van der Waals surface area (Å²) < 4.78 is 47.4. The maximum absolute atomic E-state index is 14.4. The Balaban J connectivity index is 1.89. The zero-order chi connectivity index (χ0) is 23.3. The molecule has 0 fully saturated rings. The van der Waals surface area contributed by atoms with Gasteiger partial charge in [0.15, 0.2) is 5.75 Å². The number of carbonyl (C=O) groups is 1. The maximum atomic E-state index is 14.4. The minimum Gasteiger partial charge on any atom is -0.455 e. The van der Waals surface area contributed by atoms with Crippen molar-refractivity contribution in [1.82, 2.24) is 4.31 Å². The van der Waals surface area contributed by atoms with Crippen molar-refractivity contribution in [1.29, 1.82) is 0 Å². The van der Waals surface area contributed by atoms with Crippen molar-refractivity contribution >= 4 is 39.1 Å². The standard InChI is InChI=1S/C22H21ClFN3O4S/c1-26(2)32(29,30)27(20-11-7-6-10-18(20)24)15-22(28)25-19-14-16(23)12-13-21(19)31-17-8-4-3-5-9-17/h3-14H,15H2,1-2H3,(H,25,28). The highest BCUT2D eigenvalue weighted by atomic mass is 35.5. The number of ether oxygens (including phenoxy) is 1. The van der Waals surface area contributed by atoms with Crippen LogP contribution in [0.5, 0.6) is 11.5 Å². The number of nitrogens with zero attached hydrogens (tertiary/aromatic N) is 2. The fourth-order valence-corrected chi connectivity index (χ4v) is 4.01. The second kappa shape index (κ2) is 9.99. The topological polar surface area (TPSA) is 79.0 Å². The first-order chi connectivity index (χ1) is 15.2. The molecule has 0 aliphatic carbocycles. The molecule has 10 heteroatoms. The van der Waals surface area contributed by atoms with E-state index >= 15 is 0 Å². The molecule has 3 rings (SSSR count). The SMILES string of the molecule is CN(C)S(=O)(=O)N(CC(=O)Nc1cc(Cl)ccc1Oc1ccccc1)c1ccccc1F. The molecule has 32 heavy (non-hydrogen) atoms. The largest absolute Gasteiger partial charge is 0.455 e. The first-order valence-corrected chi connectivity index (χ1v) is 11.2. The van der Waals surface area contributed by atoms with Crippen LogP contribution in [0.25, 0.3) is 0 Å². The Hall–Kier alpha value is -3.14. The number of halogens is 2. The van der Waals surface area contributed by atoms with Gasteiger partial charge in [0.2, 0.25) is 5.91 Å². The van der Waals surface area contributed by atoms with Crippen molar-refractivity contribution in [3.05, 3.63) is 83.6 Å². The first-order valence-electron chi connectivity index (χ1n) is 9.45. The molecular weight excluding hydrogens is 457 g/mol. The van der Waals surface area contributed by atoms with Crippen LogP contribution in [0, 0.1) is 5.82 Å². The summed E-state index contributed by atoms with van der Waals surface area (Å²) in [5, 5.41) is 2.95. The molecule has 0 atom stereocenters. The van der Waals surface area contributed by atoms with E-state index in [-0.39, 0.29) is 11.4 Å². The lowest BCUT2D eigenvalue weighted by atomic mass is 10.2. The van der Waals surface area contributed by atoms with Crippen LogP contribution in [0.1, 0.15) is 0 Å². The molecule has 0 aliphatic rings. The van der Waals surface area contributed by atoms with Crippen molar-refractivity contribution in [2.45, 2.75) is 0 Å². The zero-order valence-electron chi connectivity index (χ0n) is 17.3. The quantitative estimate of drug-likeness (QED) is 0.517. The van der Waals surface area contributed by atoms with Crippen LogP contribution >= 0.6 is 11.6 Å². The van der Waals surface area contributed by atoms with E-state index in [1.807, 2.05) is 6.07 Å². The van der Waals surface area contributed by atoms with Crippen LogP contribution in [0.3, 0.4) is 0 Å². The van der Waals surface area contributed by atoms with Gasteiger partial charge in [-0.2, -0.15) is 12.7 Å². The Bertz CT molecular complexity index is 1210. The molecule has 0 aromatic heterocycles. The molecule has 168 valence electrons. The third-order valence-electron chi connectivity index (χ3n) is 4.34. The van der Waals surface area contributed by atoms with E-state index in [1.165, 1.54) is 38.4 Å². The third kappa shape index (κ3) is 5.56. The van der Waals surface area contributed by atoms with E-state index in [4.69, 9.17) is 16.3 Å². The summed E-state index contributed by atoms with van der Waals surface area (Å²) in [6.45, 7) is -0.668. The molecule has 0 bridgehead atoms. The van der Waals surface area contributed by atoms with Gasteiger partial charge in [0.25, 0.3) is 0 Å². The summed E-state index contributed by atoms with van der Waals surface area (Å²) in [4.78, 5) is 12.8. The highest BCUT2D eigenvalue weighted by Gasteiger charge is 2.29. The number of nitrogens with one attached hydrogen (secondary N) is 1. The lowest BCUT2D eigenvalue weighted by molar-refractivity contribution is -0.114.